The van der Waals surface area contributed by atoms with Crippen molar-refractivity contribution in [2.45, 2.75) is 45.5 Å². The van der Waals surface area contributed by atoms with Gasteiger partial charge in [0.2, 0.25) is 5.91 Å². The van der Waals surface area contributed by atoms with Crippen LogP contribution in [0.25, 0.3) is 0 Å². The molecule has 25 heavy (non-hydrogen) atoms. The number of aryl methyl sites for hydroxylation is 2. The van der Waals surface area contributed by atoms with E-state index >= 15 is 0 Å². The number of nitrogens with zero attached hydrogens (tertiary/aromatic N) is 3. The fourth-order valence-corrected chi connectivity index (χ4v) is 3.32. The Morgan fingerprint density at radius 2 is 2.04 bits per heavy atom. The molecule has 2 heterocycles. The van der Waals surface area contributed by atoms with Gasteiger partial charge in [-0.2, -0.15) is 18.3 Å². The molecule has 0 radical (unpaired) electrons. The Labute approximate surface area is 144 Å². The SMILES string of the molecule is Cc1cccc([C@@H]2CCCN2C(=O)Cn2nc(C(F)(F)F)cc2C)c1. The van der Waals surface area contributed by atoms with E-state index in [1.807, 2.05) is 25.1 Å². The Bertz CT molecular complexity index is 782. The largest absolute Gasteiger partial charge is 0.435 e. The minimum absolute atomic E-state index is 0.0228. The van der Waals surface area contributed by atoms with E-state index in [0.717, 1.165) is 34.7 Å². The van der Waals surface area contributed by atoms with Gasteiger partial charge < -0.3 is 4.90 Å². The van der Waals surface area contributed by atoms with Crippen molar-refractivity contribution in [1.82, 2.24) is 14.7 Å². The first-order valence-corrected chi connectivity index (χ1v) is 8.23. The van der Waals surface area contributed by atoms with Gasteiger partial charge in [0.25, 0.3) is 0 Å². The smallest absolute Gasteiger partial charge is 0.334 e. The zero-order chi connectivity index (χ0) is 18.2. The van der Waals surface area contributed by atoms with Crippen molar-refractivity contribution in [2.75, 3.05) is 6.54 Å². The molecule has 1 aromatic heterocycles. The minimum atomic E-state index is -4.50. The summed E-state index contributed by atoms with van der Waals surface area (Å²) in [7, 11) is 0. The van der Waals surface area contributed by atoms with Crippen LogP contribution in [0.2, 0.25) is 0 Å². The lowest BCUT2D eigenvalue weighted by Gasteiger charge is -2.25. The van der Waals surface area contributed by atoms with Crippen molar-refractivity contribution in [3.8, 4) is 0 Å². The monoisotopic (exact) mass is 351 g/mol. The van der Waals surface area contributed by atoms with Crippen LogP contribution in [0.15, 0.2) is 30.3 Å². The highest BCUT2D eigenvalue weighted by molar-refractivity contribution is 5.77. The number of alkyl halides is 3. The van der Waals surface area contributed by atoms with Gasteiger partial charge >= 0.3 is 6.18 Å². The number of benzene rings is 1. The molecular weight excluding hydrogens is 331 g/mol. The van der Waals surface area contributed by atoms with Gasteiger partial charge in [-0.3, -0.25) is 9.48 Å². The van der Waals surface area contributed by atoms with Crippen LogP contribution in [-0.2, 0) is 17.5 Å². The quantitative estimate of drug-likeness (QED) is 0.842. The van der Waals surface area contributed by atoms with Crippen LogP contribution in [0, 0.1) is 13.8 Å². The fraction of sp³-hybridized carbons (Fsp3) is 0.444. The van der Waals surface area contributed by atoms with E-state index in [2.05, 4.69) is 11.2 Å². The first-order valence-electron chi connectivity index (χ1n) is 8.23. The summed E-state index contributed by atoms with van der Waals surface area (Å²) in [6, 6.07) is 8.94. The van der Waals surface area contributed by atoms with E-state index in [1.54, 1.807) is 4.90 Å². The number of likely N-dealkylation sites (tertiary alicyclic amines) is 1. The lowest BCUT2D eigenvalue weighted by molar-refractivity contribution is -0.142. The second-order valence-electron chi connectivity index (χ2n) is 6.49. The molecule has 0 bridgehead atoms. The Balaban J connectivity index is 1.78. The first-order chi connectivity index (χ1) is 11.8. The molecule has 1 atom stereocenters. The molecule has 0 unspecified atom stereocenters. The van der Waals surface area contributed by atoms with E-state index in [4.69, 9.17) is 0 Å². The van der Waals surface area contributed by atoms with Crippen molar-refractivity contribution in [3.05, 3.63) is 52.8 Å². The molecule has 0 aliphatic carbocycles. The summed E-state index contributed by atoms with van der Waals surface area (Å²) >= 11 is 0. The molecule has 1 aromatic carbocycles. The van der Waals surface area contributed by atoms with Crippen LogP contribution in [0.1, 0.15) is 41.4 Å². The molecule has 0 N–H and O–H groups in total. The first kappa shape index (κ1) is 17.5. The molecule has 0 saturated carbocycles. The van der Waals surface area contributed by atoms with E-state index in [9.17, 15) is 18.0 Å². The third-order valence-corrected chi connectivity index (χ3v) is 4.56. The van der Waals surface area contributed by atoms with Crippen LogP contribution in [-0.4, -0.2) is 27.1 Å². The highest BCUT2D eigenvalue weighted by atomic mass is 19.4. The van der Waals surface area contributed by atoms with E-state index < -0.39 is 11.9 Å². The van der Waals surface area contributed by atoms with E-state index in [0.29, 0.717) is 12.2 Å². The molecule has 134 valence electrons. The lowest BCUT2D eigenvalue weighted by Crippen LogP contribution is -2.34. The number of amides is 1. The number of hydrogen-bond donors (Lipinski definition) is 0. The molecular formula is C18H20F3N3O. The number of hydrogen-bond acceptors (Lipinski definition) is 2. The van der Waals surface area contributed by atoms with Crippen LogP contribution in [0.4, 0.5) is 13.2 Å². The van der Waals surface area contributed by atoms with Crippen molar-refractivity contribution in [3.63, 3.8) is 0 Å². The van der Waals surface area contributed by atoms with Crippen LogP contribution in [0.5, 0.6) is 0 Å². The topological polar surface area (TPSA) is 38.1 Å². The Morgan fingerprint density at radius 1 is 1.28 bits per heavy atom. The summed E-state index contributed by atoms with van der Waals surface area (Å²) < 4.78 is 39.4. The maximum atomic E-state index is 12.8. The van der Waals surface area contributed by atoms with Gasteiger partial charge in [0.05, 0.1) is 6.04 Å². The van der Waals surface area contributed by atoms with Gasteiger partial charge in [-0.15, -0.1) is 0 Å². The number of aromatic nitrogens is 2. The highest BCUT2D eigenvalue weighted by Gasteiger charge is 2.35. The normalized spacial score (nSPS) is 18.0. The number of rotatable bonds is 3. The van der Waals surface area contributed by atoms with Crippen LogP contribution >= 0.6 is 0 Å². The summed E-state index contributed by atoms with van der Waals surface area (Å²) in [5.74, 6) is -0.205. The minimum Gasteiger partial charge on any atom is -0.334 e. The maximum Gasteiger partial charge on any atom is 0.435 e. The number of carbonyl (C=O) groups excluding carboxylic acids is 1. The Morgan fingerprint density at radius 3 is 2.68 bits per heavy atom. The molecule has 7 heteroatoms. The average Bonchev–Trinajstić information content (AvgIpc) is 3.14. The standard InChI is InChI=1S/C18H20F3N3O/c1-12-5-3-6-14(9-12)15-7-4-8-23(15)17(25)11-24-13(2)10-16(22-24)18(19,20)21/h3,5-6,9-10,15H,4,7-8,11H2,1-2H3/t15-/m0/s1. The molecule has 0 spiro atoms. The summed E-state index contributed by atoms with van der Waals surface area (Å²) in [5, 5.41) is 3.55. The molecule has 1 aliphatic rings. The Kier molecular flexibility index (Phi) is 4.58. The van der Waals surface area contributed by atoms with Crippen molar-refractivity contribution < 1.29 is 18.0 Å². The predicted molar refractivity (Wildman–Crippen MR) is 86.8 cm³/mol. The zero-order valence-electron chi connectivity index (χ0n) is 14.2. The third-order valence-electron chi connectivity index (χ3n) is 4.56. The second-order valence-corrected chi connectivity index (χ2v) is 6.49. The van der Waals surface area contributed by atoms with Gasteiger partial charge in [-0.05, 0) is 38.3 Å². The molecule has 4 nitrogen and oxygen atoms in total. The average molecular weight is 351 g/mol. The molecule has 1 amide bonds. The molecule has 1 aliphatic heterocycles. The fourth-order valence-electron chi connectivity index (χ4n) is 3.32. The van der Waals surface area contributed by atoms with Gasteiger partial charge in [-0.1, -0.05) is 29.8 Å². The van der Waals surface area contributed by atoms with Crippen molar-refractivity contribution in [2.24, 2.45) is 0 Å². The van der Waals surface area contributed by atoms with Crippen molar-refractivity contribution >= 4 is 5.91 Å². The second kappa shape index (κ2) is 6.54. The lowest BCUT2D eigenvalue weighted by atomic mass is 10.0. The van der Waals surface area contributed by atoms with Gasteiger partial charge in [0.1, 0.15) is 6.54 Å². The predicted octanol–water partition coefficient (Wildman–Crippen LogP) is 3.88. The van der Waals surface area contributed by atoms with Gasteiger partial charge in [0, 0.05) is 12.2 Å². The molecule has 2 aromatic rings. The highest BCUT2D eigenvalue weighted by Crippen LogP contribution is 2.33. The summed E-state index contributed by atoms with van der Waals surface area (Å²) in [6.45, 7) is 3.96. The molecule has 3 rings (SSSR count). The van der Waals surface area contributed by atoms with Crippen molar-refractivity contribution in [1.29, 1.82) is 0 Å². The zero-order valence-corrected chi connectivity index (χ0v) is 14.2. The summed E-state index contributed by atoms with van der Waals surface area (Å²) in [4.78, 5) is 14.4. The molecule has 1 fully saturated rings. The van der Waals surface area contributed by atoms with Crippen LogP contribution in [0.3, 0.4) is 0 Å². The van der Waals surface area contributed by atoms with E-state index in [1.165, 1.54) is 6.92 Å². The van der Waals surface area contributed by atoms with Gasteiger partial charge in [0.15, 0.2) is 5.69 Å². The summed E-state index contributed by atoms with van der Waals surface area (Å²) in [5.41, 5.74) is 1.55. The Hall–Kier alpha value is -2.31. The maximum absolute atomic E-state index is 12.8. The number of carbonyl (C=O) groups is 1. The third kappa shape index (κ3) is 3.70. The van der Waals surface area contributed by atoms with E-state index in [-0.39, 0.29) is 18.5 Å². The summed E-state index contributed by atoms with van der Waals surface area (Å²) in [6.07, 6.45) is -2.76. The number of halogens is 3. The molecule has 1 saturated heterocycles. The van der Waals surface area contributed by atoms with Gasteiger partial charge in [-0.25, -0.2) is 0 Å². The van der Waals surface area contributed by atoms with Crippen LogP contribution < -0.4 is 0 Å².